The van der Waals surface area contributed by atoms with Gasteiger partial charge in [0.2, 0.25) is 0 Å². The second-order valence-electron chi connectivity index (χ2n) is 6.73. The summed E-state index contributed by atoms with van der Waals surface area (Å²) in [5.74, 6) is 2.55. The number of piperidine rings is 1. The SMILES string of the molecule is Cn1c(SCc2ccncc2)nnc1C1CCN(Cc2ccsc2)CC1. The Morgan fingerprint density at radius 3 is 2.65 bits per heavy atom. The predicted octanol–water partition coefficient (Wildman–Crippen LogP) is 3.94. The molecule has 3 aromatic rings. The number of aromatic nitrogens is 4. The highest BCUT2D eigenvalue weighted by molar-refractivity contribution is 7.98. The minimum absolute atomic E-state index is 0.515. The molecule has 3 aromatic heterocycles. The molecular weight excluding hydrogens is 362 g/mol. The third-order valence-electron chi connectivity index (χ3n) is 4.92. The Balaban J connectivity index is 1.33. The van der Waals surface area contributed by atoms with Crippen molar-refractivity contribution < 1.29 is 0 Å². The van der Waals surface area contributed by atoms with Gasteiger partial charge in [0.05, 0.1) is 0 Å². The molecule has 0 atom stereocenters. The summed E-state index contributed by atoms with van der Waals surface area (Å²) in [7, 11) is 2.10. The molecule has 0 N–H and O–H groups in total. The number of rotatable bonds is 6. The molecule has 0 spiro atoms. The van der Waals surface area contributed by atoms with Crippen molar-refractivity contribution >= 4 is 23.1 Å². The minimum Gasteiger partial charge on any atom is -0.309 e. The van der Waals surface area contributed by atoms with E-state index in [4.69, 9.17) is 0 Å². The van der Waals surface area contributed by atoms with Gasteiger partial charge in [-0.1, -0.05) is 11.8 Å². The van der Waals surface area contributed by atoms with E-state index in [0.717, 1.165) is 49.2 Å². The number of hydrogen-bond donors (Lipinski definition) is 0. The van der Waals surface area contributed by atoms with Crippen LogP contribution in [0.5, 0.6) is 0 Å². The molecule has 1 aliphatic heterocycles. The van der Waals surface area contributed by atoms with Crippen LogP contribution in [0.2, 0.25) is 0 Å². The lowest BCUT2D eigenvalue weighted by molar-refractivity contribution is 0.200. The van der Waals surface area contributed by atoms with Crippen LogP contribution in [0.15, 0.2) is 46.5 Å². The fraction of sp³-hybridized carbons (Fsp3) is 0.421. The lowest BCUT2D eigenvalue weighted by atomic mass is 9.96. The number of thioether (sulfide) groups is 1. The van der Waals surface area contributed by atoms with Crippen LogP contribution in [0, 0.1) is 0 Å². The summed E-state index contributed by atoms with van der Waals surface area (Å²) in [5.41, 5.74) is 2.69. The number of thiophene rings is 1. The van der Waals surface area contributed by atoms with Crippen LogP contribution in [0.4, 0.5) is 0 Å². The first-order valence-electron chi connectivity index (χ1n) is 8.94. The number of nitrogens with zero attached hydrogens (tertiary/aromatic N) is 5. The maximum Gasteiger partial charge on any atom is 0.191 e. The zero-order chi connectivity index (χ0) is 17.8. The van der Waals surface area contributed by atoms with Gasteiger partial charge in [-0.15, -0.1) is 10.2 Å². The normalized spacial score (nSPS) is 16.2. The highest BCUT2D eigenvalue weighted by Crippen LogP contribution is 2.30. The summed E-state index contributed by atoms with van der Waals surface area (Å²) in [6, 6.07) is 6.33. The van der Waals surface area contributed by atoms with Crippen molar-refractivity contribution in [3.05, 3.63) is 58.3 Å². The molecule has 0 radical (unpaired) electrons. The summed E-state index contributed by atoms with van der Waals surface area (Å²) in [4.78, 5) is 6.62. The Morgan fingerprint density at radius 2 is 1.92 bits per heavy atom. The van der Waals surface area contributed by atoms with E-state index in [1.165, 1.54) is 11.1 Å². The predicted molar refractivity (Wildman–Crippen MR) is 106 cm³/mol. The Kier molecular flexibility index (Phi) is 5.67. The van der Waals surface area contributed by atoms with Crippen LogP contribution >= 0.6 is 23.1 Å². The van der Waals surface area contributed by atoms with E-state index in [9.17, 15) is 0 Å². The van der Waals surface area contributed by atoms with Gasteiger partial charge in [0.1, 0.15) is 5.82 Å². The van der Waals surface area contributed by atoms with Crippen LogP contribution < -0.4 is 0 Å². The number of pyridine rings is 1. The molecule has 0 saturated carbocycles. The van der Waals surface area contributed by atoms with E-state index in [-0.39, 0.29) is 0 Å². The van der Waals surface area contributed by atoms with E-state index in [2.05, 4.69) is 48.5 Å². The van der Waals surface area contributed by atoms with Gasteiger partial charge in [0.15, 0.2) is 5.16 Å². The average molecular weight is 386 g/mol. The van der Waals surface area contributed by atoms with Crippen molar-refractivity contribution in [2.45, 2.75) is 36.2 Å². The highest BCUT2D eigenvalue weighted by atomic mass is 32.2. The zero-order valence-electron chi connectivity index (χ0n) is 14.9. The highest BCUT2D eigenvalue weighted by Gasteiger charge is 2.25. The molecule has 1 saturated heterocycles. The van der Waals surface area contributed by atoms with Crippen molar-refractivity contribution in [2.24, 2.45) is 7.05 Å². The molecule has 0 amide bonds. The summed E-state index contributed by atoms with van der Waals surface area (Å²) in [6.45, 7) is 3.34. The van der Waals surface area contributed by atoms with Crippen molar-refractivity contribution in [1.82, 2.24) is 24.6 Å². The fourth-order valence-corrected chi connectivity index (χ4v) is 4.96. The molecule has 0 aliphatic carbocycles. The van der Waals surface area contributed by atoms with E-state index >= 15 is 0 Å². The number of hydrogen-bond acceptors (Lipinski definition) is 6. The third kappa shape index (κ3) is 4.16. The fourth-order valence-electron chi connectivity index (χ4n) is 3.42. The van der Waals surface area contributed by atoms with Gasteiger partial charge in [0.25, 0.3) is 0 Å². The van der Waals surface area contributed by atoms with Gasteiger partial charge in [-0.3, -0.25) is 9.88 Å². The van der Waals surface area contributed by atoms with Gasteiger partial charge in [-0.2, -0.15) is 11.3 Å². The number of likely N-dealkylation sites (tertiary alicyclic amines) is 1. The summed E-state index contributed by atoms with van der Waals surface area (Å²) >= 11 is 3.52. The molecule has 0 bridgehead atoms. The smallest absolute Gasteiger partial charge is 0.191 e. The quantitative estimate of drug-likeness (QED) is 0.602. The Labute approximate surface area is 162 Å². The Bertz CT molecular complexity index is 808. The molecule has 136 valence electrons. The monoisotopic (exact) mass is 385 g/mol. The second kappa shape index (κ2) is 8.33. The molecule has 1 fully saturated rings. The standard InChI is InChI=1S/C19H23N5S2/c1-23-18(21-22-19(23)26-14-15-2-7-20-8-3-15)17-4-9-24(10-5-17)12-16-6-11-25-13-16/h2-3,6-8,11,13,17H,4-5,9-10,12,14H2,1H3. The molecule has 0 aromatic carbocycles. The first kappa shape index (κ1) is 17.7. The van der Waals surface area contributed by atoms with Crippen molar-refractivity contribution in [3.8, 4) is 0 Å². The summed E-state index contributed by atoms with van der Waals surface area (Å²) in [6.07, 6.45) is 5.99. The average Bonchev–Trinajstić information content (AvgIpc) is 3.32. The maximum atomic E-state index is 4.52. The molecule has 0 unspecified atom stereocenters. The van der Waals surface area contributed by atoms with Crippen molar-refractivity contribution in [1.29, 1.82) is 0 Å². The molecule has 7 heteroatoms. The van der Waals surface area contributed by atoms with Gasteiger partial charge in [-0.25, -0.2) is 0 Å². The first-order chi connectivity index (χ1) is 12.8. The largest absolute Gasteiger partial charge is 0.309 e. The Hall–Kier alpha value is -1.70. The Morgan fingerprint density at radius 1 is 1.12 bits per heavy atom. The van der Waals surface area contributed by atoms with E-state index in [1.807, 2.05) is 24.5 Å². The topological polar surface area (TPSA) is 46.8 Å². The van der Waals surface area contributed by atoms with E-state index < -0.39 is 0 Å². The van der Waals surface area contributed by atoms with Gasteiger partial charge >= 0.3 is 0 Å². The molecule has 4 heterocycles. The third-order valence-corrected chi connectivity index (χ3v) is 6.75. The van der Waals surface area contributed by atoms with E-state index in [1.54, 1.807) is 23.1 Å². The van der Waals surface area contributed by atoms with Gasteiger partial charge in [0, 0.05) is 37.7 Å². The van der Waals surface area contributed by atoms with Crippen LogP contribution in [-0.2, 0) is 19.3 Å². The molecule has 5 nitrogen and oxygen atoms in total. The van der Waals surface area contributed by atoms with Crippen LogP contribution in [0.1, 0.15) is 35.7 Å². The van der Waals surface area contributed by atoms with Gasteiger partial charge < -0.3 is 4.57 Å². The minimum atomic E-state index is 0.515. The first-order valence-corrected chi connectivity index (χ1v) is 10.9. The van der Waals surface area contributed by atoms with E-state index in [0.29, 0.717) is 5.92 Å². The van der Waals surface area contributed by atoms with Crippen LogP contribution in [0.25, 0.3) is 0 Å². The van der Waals surface area contributed by atoms with Crippen molar-refractivity contribution in [2.75, 3.05) is 13.1 Å². The maximum absolute atomic E-state index is 4.52. The lowest BCUT2D eigenvalue weighted by Gasteiger charge is -2.31. The lowest BCUT2D eigenvalue weighted by Crippen LogP contribution is -2.33. The molecule has 26 heavy (non-hydrogen) atoms. The molecule has 4 rings (SSSR count). The zero-order valence-corrected chi connectivity index (χ0v) is 16.5. The second-order valence-corrected chi connectivity index (χ2v) is 8.45. The van der Waals surface area contributed by atoms with Crippen LogP contribution in [-0.4, -0.2) is 37.7 Å². The van der Waals surface area contributed by atoms with Gasteiger partial charge in [-0.05, 0) is 66.0 Å². The molecule has 1 aliphatic rings. The summed E-state index contributed by atoms with van der Waals surface area (Å²) in [5, 5.41) is 14.4. The van der Waals surface area contributed by atoms with Crippen LogP contribution in [0.3, 0.4) is 0 Å². The molecular formula is C19H23N5S2. The van der Waals surface area contributed by atoms with Crippen molar-refractivity contribution in [3.63, 3.8) is 0 Å². The summed E-state index contributed by atoms with van der Waals surface area (Å²) < 4.78 is 2.19.